The Balaban J connectivity index is 1.63. The Morgan fingerprint density at radius 3 is 1.86 bits per heavy atom. The van der Waals surface area contributed by atoms with Gasteiger partial charge in [0.2, 0.25) is 0 Å². The fraction of sp³-hybridized carbons (Fsp3) is 0.667. The Morgan fingerprint density at radius 1 is 0.690 bits per heavy atom. The molecule has 0 saturated carbocycles. The zero-order valence-electron chi connectivity index (χ0n) is 19.2. The first-order valence-corrected chi connectivity index (χ1v) is 12.5. The second kappa shape index (κ2) is 15.3. The van der Waals surface area contributed by atoms with Gasteiger partial charge < -0.3 is 0 Å². The number of benzene rings is 1. The lowest BCUT2D eigenvalue weighted by molar-refractivity contribution is -0.703. The molecular formula is C27H45N2+. The van der Waals surface area contributed by atoms with Crippen LogP contribution in [0.5, 0.6) is 0 Å². The molecule has 0 atom stereocenters. The Kier molecular flexibility index (Phi) is 12.5. The van der Waals surface area contributed by atoms with Gasteiger partial charge in [0.25, 0.3) is 5.82 Å². The van der Waals surface area contributed by atoms with E-state index in [0.717, 1.165) is 19.5 Å². The van der Waals surface area contributed by atoms with Crippen LogP contribution in [0.4, 0.5) is 0 Å². The van der Waals surface area contributed by atoms with E-state index in [1.807, 2.05) is 0 Å². The standard InChI is InChI=1S/C27H45N2/c1-3-5-6-7-8-9-10-11-12-13-14-18-22-29-24-23-28(21-4-2)27(29)25-26-19-16-15-17-20-26/h15-17,19-20,23-24H,3-14,18,21-22,25H2,1-2H3/q+1. The Bertz CT molecular complexity index is 629. The van der Waals surface area contributed by atoms with E-state index in [-0.39, 0.29) is 0 Å². The number of aryl methyl sites for hydroxylation is 2. The molecule has 162 valence electrons. The molecule has 0 N–H and O–H groups in total. The molecule has 0 aliphatic heterocycles. The van der Waals surface area contributed by atoms with Gasteiger partial charge in [0.1, 0.15) is 12.4 Å². The van der Waals surface area contributed by atoms with Crippen LogP contribution in [0.15, 0.2) is 42.7 Å². The maximum Gasteiger partial charge on any atom is 0.260 e. The van der Waals surface area contributed by atoms with Crippen LogP contribution in [-0.2, 0) is 19.5 Å². The lowest BCUT2D eigenvalue weighted by atomic mass is 10.1. The van der Waals surface area contributed by atoms with Crippen LogP contribution in [0.1, 0.15) is 109 Å². The van der Waals surface area contributed by atoms with Crippen molar-refractivity contribution < 1.29 is 4.57 Å². The third-order valence-corrected chi connectivity index (χ3v) is 6.01. The summed E-state index contributed by atoms with van der Waals surface area (Å²) >= 11 is 0. The first-order valence-electron chi connectivity index (χ1n) is 12.5. The van der Waals surface area contributed by atoms with Gasteiger partial charge in [0.15, 0.2) is 0 Å². The molecule has 1 aromatic heterocycles. The zero-order valence-corrected chi connectivity index (χ0v) is 19.2. The summed E-state index contributed by atoms with van der Waals surface area (Å²) < 4.78 is 4.95. The number of rotatable bonds is 17. The number of unbranched alkanes of at least 4 members (excludes halogenated alkanes) is 11. The van der Waals surface area contributed by atoms with Gasteiger partial charge in [-0.25, -0.2) is 9.13 Å². The van der Waals surface area contributed by atoms with Crippen molar-refractivity contribution in [1.82, 2.24) is 4.57 Å². The van der Waals surface area contributed by atoms with Crippen molar-refractivity contribution in [3.05, 3.63) is 54.1 Å². The van der Waals surface area contributed by atoms with E-state index in [0.29, 0.717) is 0 Å². The van der Waals surface area contributed by atoms with Gasteiger partial charge in [-0.15, -0.1) is 0 Å². The van der Waals surface area contributed by atoms with Crippen LogP contribution in [0, 0.1) is 0 Å². The SMILES string of the molecule is CCCCCCCCCCCCCCn1cc[n+](CCC)c1Cc1ccccc1. The van der Waals surface area contributed by atoms with Gasteiger partial charge in [-0.05, 0) is 24.8 Å². The highest BCUT2D eigenvalue weighted by Crippen LogP contribution is 2.13. The predicted octanol–water partition coefficient (Wildman–Crippen LogP) is 7.48. The minimum atomic E-state index is 1.03. The highest BCUT2D eigenvalue weighted by molar-refractivity contribution is 5.18. The lowest BCUT2D eigenvalue weighted by Gasteiger charge is -2.06. The number of nitrogens with zero attached hydrogens (tertiary/aromatic N) is 2. The van der Waals surface area contributed by atoms with E-state index in [9.17, 15) is 0 Å². The Hall–Kier alpha value is -1.57. The summed E-state index contributed by atoms with van der Waals surface area (Å²) in [5.74, 6) is 1.46. The molecule has 2 aromatic rings. The van der Waals surface area contributed by atoms with E-state index < -0.39 is 0 Å². The molecule has 2 heteroatoms. The van der Waals surface area contributed by atoms with Gasteiger partial charge in [0, 0.05) is 0 Å². The fourth-order valence-corrected chi connectivity index (χ4v) is 4.25. The summed E-state index contributed by atoms with van der Waals surface area (Å²) in [4.78, 5) is 0. The summed E-state index contributed by atoms with van der Waals surface area (Å²) in [7, 11) is 0. The molecule has 0 bridgehead atoms. The smallest absolute Gasteiger partial charge is 0.234 e. The molecule has 29 heavy (non-hydrogen) atoms. The molecular weight excluding hydrogens is 352 g/mol. The van der Waals surface area contributed by atoms with E-state index in [2.05, 4.69) is 65.7 Å². The number of aromatic nitrogens is 2. The maximum absolute atomic E-state index is 2.50. The zero-order chi connectivity index (χ0) is 20.6. The molecule has 0 amide bonds. The quantitative estimate of drug-likeness (QED) is 0.193. The molecule has 1 heterocycles. The second-order valence-electron chi connectivity index (χ2n) is 8.65. The topological polar surface area (TPSA) is 8.81 Å². The van der Waals surface area contributed by atoms with Gasteiger partial charge in [0.05, 0.1) is 19.5 Å². The molecule has 0 fully saturated rings. The van der Waals surface area contributed by atoms with Crippen LogP contribution in [-0.4, -0.2) is 4.57 Å². The first kappa shape index (κ1) is 23.7. The fourth-order valence-electron chi connectivity index (χ4n) is 4.25. The molecule has 0 aliphatic rings. The normalized spacial score (nSPS) is 11.2. The third-order valence-electron chi connectivity index (χ3n) is 6.01. The van der Waals surface area contributed by atoms with Crippen LogP contribution in [0.25, 0.3) is 0 Å². The number of imidazole rings is 1. The average molecular weight is 398 g/mol. The average Bonchev–Trinajstić information content (AvgIpc) is 3.11. The van der Waals surface area contributed by atoms with E-state index in [1.54, 1.807) is 0 Å². The van der Waals surface area contributed by atoms with Gasteiger partial charge >= 0.3 is 0 Å². The molecule has 0 saturated heterocycles. The van der Waals surface area contributed by atoms with Crippen molar-refractivity contribution in [2.45, 2.75) is 117 Å². The molecule has 0 aliphatic carbocycles. The number of hydrogen-bond donors (Lipinski definition) is 0. The van der Waals surface area contributed by atoms with Crippen LogP contribution in [0.3, 0.4) is 0 Å². The van der Waals surface area contributed by atoms with E-state index >= 15 is 0 Å². The predicted molar refractivity (Wildman–Crippen MR) is 125 cm³/mol. The minimum Gasteiger partial charge on any atom is -0.234 e. The molecule has 1 aromatic carbocycles. The largest absolute Gasteiger partial charge is 0.260 e. The molecule has 2 rings (SSSR count). The van der Waals surface area contributed by atoms with Crippen molar-refractivity contribution in [2.24, 2.45) is 0 Å². The summed E-state index contributed by atoms with van der Waals surface area (Å²) in [6, 6.07) is 10.9. The van der Waals surface area contributed by atoms with Crippen molar-refractivity contribution in [3.8, 4) is 0 Å². The van der Waals surface area contributed by atoms with Crippen molar-refractivity contribution >= 4 is 0 Å². The molecule has 0 radical (unpaired) electrons. The van der Waals surface area contributed by atoms with Crippen LogP contribution >= 0.6 is 0 Å². The minimum absolute atomic E-state index is 1.03. The van der Waals surface area contributed by atoms with Crippen LogP contribution < -0.4 is 4.57 Å². The van der Waals surface area contributed by atoms with Crippen molar-refractivity contribution in [2.75, 3.05) is 0 Å². The van der Waals surface area contributed by atoms with Crippen molar-refractivity contribution in [1.29, 1.82) is 0 Å². The maximum atomic E-state index is 2.50. The highest BCUT2D eigenvalue weighted by atomic mass is 15.1. The van der Waals surface area contributed by atoms with Gasteiger partial charge in [-0.1, -0.05) is 108 Å². The Labute approximate surface area is 180 Å². The van der Waals surface area contributed by atoms with E-state index in [4.69, 9.17) is 0 Å². The number of hydrogen-bond acceptors (Lipinski definition) is 0. The third kappa shape index (κ3) is 9.65. The monoisotopic (exact) mass is 397 g/mol. The van der Waals surface area contributed by atoms with Gasteiger partial charge in [-0.3, -0.25) is 0 Å². The lowest BCUT2D eigenvalue weighted by Crippen LogP contribution is -2.37. The highest BCUT2D eigenvalue weighted by Gasteiger charge is 2.16. The first-order chi connectivity index (χ1) is 14.3. The molecule has 0 spiro atoms. The van der Waals surface area contributed by atoms with Crippen LogP contribution in [0.2, 0.25) is 0 Å². The summed E-state index contributed by atoms with van der Waals surface area (Å²) in [6.07, 6.45) is 23.8. The summed E-state index contributed by atoms with van der Waals surface area (Å²) in [5, 5.41) is 0. The summed E-state index contributed by atoms with van der Waals surface area (Å²) in [6.45, 7) is 6.84. The van der Waals surface area contributed by atoms with Gasteiger partial charge in [-0.2, -0.15) is 0 Å². The van der Waals surface area contributed by atoms with Crippen molar-refractivity contribution in [3.63, 3.8) is 0 Å². The summed E-state index contributed by atoms with van der Waals surface area (Å²) in [5.41, 5.74) is 1.41. The molecule has 2 nitrogen and oxygen atoms in total. The van der Waals surface area contributed by atoms with E-state index in [1.165, 1.54) is 94.9 Å². The Morgan fingerprint density at radius 2 is 1.28 bits per heavy atom. The second-order valence-corrected chi connectivity index (χ2v) is 8.65. The molecule has 0 unspecified atom stereocenters.